The Kier molecular flexibility index (Phi) is 3.35. The predicted molar refractivity (Wildman–Crippen MR) is 62.1 cm³/mol. The molecule has 2 unspecified atom stereocenters. The number of nitrogens with zero attached hydrogens (tertiary/aromatic N) is 1. The number of likely N-dealkylation sites (tertiary alicyclic amines) is 1. The Morgan fingerprint density at radius 3 is 2.56 bits per heavy atom. The van der Waals surface area contributed by atoms with Crippen LogP contribution in [-0.4, -0.2) is 49.2 Å². The first-order chi connectivity index (χ1) is 7.49. The second-order valence-electron chi connectivity index (χ2n) is 4.92. The fraction of sp³-hybridized carbons (Fsp3) is 0.909. The van der Waals surface area contributed by atoms with Crippen molar-refractivity contribution in [3.63, 3.8) is 0 Å². The quantitative estimate of drug-likeness (QED) is 0.715. The molecule has 0 bridgehead atoms. The maximum Gasteiger partial charge on any atom is 0.151 e. The van der Waals surface area contributed by atoms with Gasteiger partial charge in [-0.3, -0.25) is 9.69 Å². The van der Waals surface area contributed by atoms with Gasteiger partial charge >= 0.3 is 0 Å². The number of ketones is 1. The van der Waals surface area contributed by atoms with Gasteiger partial charge in [-0.2, -0.15) is 0 Å². The number of hydrogen-bond donors (Lipinski definition) is 0. The highest BCUT2D eigenvalue weighted by molar-refractivity contribution is 7.91. The average molecular weight is 245 g/mol. The van der Waals surface area contributed by atoms with E-state index >= 15 is 0 Å². The standard InChI is InChI=1S/C11H19NO3S/c1-9(13)11-4-2-3-6-12(11)10-5-7-16(14,15)8-10/h10-11H,2-8H2,1H3. The van der Waals surface area contributed by atoms with Gasteiger partial charge in [-0.1, -0.05) is 6.42 Å². The molecule has 0 saturated carbocycles. The lowest BCUT2D eigenvalue weighted by Gasteiger charge is -2.38. The van der Waals surface area contributed by atoms with Crippen LogP contribution in [0.3, 0.4) is 0 Å². The van der Waals surface area contributed by atoms with Crippen molar-refractivity contribution in [2.24, 2.45) is 0 Å². The number of carbonyl (C=O) groups is 1. The lowest BCUT2D eigenvalue weighted by molar-refractivity contribution is -0.124. The zero-order chi connectivity index (χ0) is 11.8. The molecular formula is C11H19NO3S. The summed E-state index contributed by atoms with van der Waals surface area (Å²) in [7, 11) is -2.85. The zero-order valence-electron chi connectivity index (χ0n) is 9.68. The van der Waals surface area contributed by atoms with Gasteiger partial charge in [0.1, 0.15) is 5.78 Å². The van der Waals surface area contributed by atoms with Crippen molar-refractivity contribution in [2.45, 2.75) is 44.7 Å². The number of piperidine rings is 1. The van der Waals surface area contributed by atoms with Crippen LogP contribution in [0.15, 0.2) is 0 Å². The maximum atomic E-state index is 11.5. The summed E-state index contributed by atoms with van der Waals surface area (Å²) in [6, 6.07) is 0.0475. The molecule has 0 radical (unpaired) electrons. The van der Waals surface area contributed by atoms with E-state index in [1.807, 2.05) is 0 Å². The van der Waals surface area contributed by atoms with Gasteiger partial charge in [0, 0.05) is 6.04 Å². The van der Waals surface area contributed by atoms with Gasteiger partial charge in [-0.05, 0) is 32.7 Å². The highest BCUT2D eigenvalue weighted by atomic mass is 32.2. The van der Waals surface area contributed by atoms with E-state index in [1.165, 1.54) is 0 Å². The topological polar surface area (TPSA) is 54.5 Å². The normalized spacial score (nSPS) is 35.1. The Labute approximate surface area is 96.9 Å². The van der Waals surface area contributed by atoms with E-state index in [0.717, 1.165) is 25.8 Å². The molecule has 92 valence electrons. The highest BCUT2D eigenvalue weighted by Crippen LogP contribution is 2.26. The third-order valence-electron chi connectivity index (χ3n) is 3.69. The molecule has 0 aromatic heterocycles. The first-order valence-electron chi connectivity index (χ1n) is 5.96. The molecule has 0 aromatic rings. The van der Waals surface area contributed by atoms with Crippen LogP contribution in [0.25, 0.3) is 0 Å². The van der Waals surface area contributed by atoms with E-state index in [1.54, 1.807) is 6.92 Å². The lowest BCUT2D eigenvalue weighted by atomic mass is 9.97. The van der Waals surface area contributed by atoms with E-state index in [-0.39, 0.29) is 23.6 Å². The molecule has 16 heavy (non-hydrogen) atoms. The Hall–Kier alpha value is -0.420. The summed E-state index contributed by atoms with van der Waals surface area (Å²) in [5, 5.41) is 0. The minimum Gasteiger partial charge on any atom is -0.298 e. The van der Waals surface area contributed by atoms with Crippen LogP contribution in [-0.2, 0) is 14.6 Å². The summed E-state index contributed by atoms with van der Waals surface area (Å²) in [5.41, 5.74) is 0. The van der Waals surface area contributed by atoms with Crippen LogP contribution in [0.1, 0.15) is 32.6 Å². The molecule has 2 aliphatic rings. The average Bonchev–Trinajstić information content (AvgIpc) is 2.59. The van der Waals surface area contributed by atoms with Gasteiger partial charge in [0.05, 0.1) is 17.5 Å². The van der Waals surface area contributed by atoms with Gasteiger partial charge in [-0.15, -0.1) is 0 Å². The van der Waals surface area contributed by atoms with Gasteiger partial charge in [0.15, 0.2) is 9.84 Å². The zero-order valence-corrected chi connectivity index (χ0v) is 10.5. The Balaban J connectivity index is 2.09. The minimum atomic E-state index is -2.85. The van der Waals surface area contributed by atoms with Crippen molar-refractivity contribution in [1.29, 1.82) is 0 Å². The van der Waals surface area contributed by atoms with E-state index in [0.29, 0.717) is 12.2 Å². The van der Waals surface area contributed by atoms with Crippen LogP contribution >= 0.6 is 0 Å². The van der Waals surface area contributed by atoms with Gasteiger partial charge in [-0.25, -0.2) is 8.42 Å². The Morgan fingerprint density at radius 2 is 2.00 bits per heavy atom. The summed E-state index contributed by atoms with van der Waals surface area (Å²) < 4.78 is 22.9. The van der Waals surface area contributed by atoms with Crippen molar-refractivity contribution in [2.75, 3.05) is 18.1 Å². The SMILES string of the molecule is CC(=O)C1CCCCN1C1CCS(=O)(=O)C1. The summed E-state index contributed by atoms with van der Waals surface area (Å²) >= 11 is 0. The fourth-order valence-corrected chi connectivity index (χ4v) is 4.61. The molecule has 0 N–H and O–H groups in total. The van der Waals surface area contributed by atoms with E-state index < -0.39 is 9.84 Å². The minimum absolute atomic E-state index is 0.0351. The number of sulfone groups is 1. The number of carbonyl (C=O) groups excluding carboxylic acids is 1. The third kappa shape index (κ3) is 2.46. The van der Waals surface area contributed by atoms with Gasteiger partial charge < -0.3 is 0 Å². The van der Waals surface area contributed by atoms with Crippen LogP contribution in [0, 0.1) is 0 Å². The summed E-state index contributed by atoms with van der Waals surface area (Å²) in [5.74, 6) is 0.722. The summed E-state index contributed by atoms with van der Waals surface area (Å²) in [4.78, 5) is 13.7. The summed E-state index contributed by atoms with van der Waals surface area (Å²) in [6.07, 6.45) is 3.76. The predicted octanol–water partition coefficient (Wildman–Crippen LogP) is 0.617. The summed E-state index contributed by atoms with van der Waals surface area (Å²) in [6.45, 7) is 2.50. The van der Waals surface area contributed by atoms with Crippen molar-refractivity contribution in [3.05, 3.63) is 0 Å². The molecule has 0 aromatic carbocycles. The van der Waals surface area contributed by atoms with Crippen LogP contribution in [0.2, 0.25) is 0 Å². The largest absolute Gasteiger partial charge is 0.298 e. The van der Waals surface area contributed by atoms with E-state index in [4.69, 9.17) is 0 Å². The van der Waals surface area contributed by atoms with Crippen molar-refractivity contribution in [1.82, 2.24) is 4.90 Å². The second-order valence-corrected chi connectivity index (χ2v) is 7.15. The van der Waals surface area contributed by atoms with Crippen LogP contribution in [0.5, 0.6) is 0 Å². The van der Waals surface area contributed by atoms with Crippen LogP contribution < -0.4 is 0 Å². The Morgan fingerprint density at radius 1 is 1.25 bits per heavy atom. The molecular weight excluding hydrogens is 226 g/mol. The second kappa shape index (κ2) is 4.45. The molecule has 0 spiro atoms. The Bertz CT molecular complexity index is 377. The van der Waals surface area contributed by atoms with Crippen LogP contribution in [0.4, 0.5) is 0 Å². The van der Waals surface area contributed by atoms with Crippen molar-refractivity contribution < 1.29 is 13.2 Å². The van der Waals surface area contributed by atoms with E-state index in [9.17, 15) is 13.2 Å². The molecule has 2 fully saturated rings. The first kappa shape index (κ1) is 12.0. The van der Waals surface area contributed by atoms with Crippen molar-refractivity contribution in [3.8, 4) is 0 Å². The molecule has 2 aliphatic heterocycles. The van der Waals surface area contributed by atoms with Gasteiger partial charge in [0.25, 0.3) is 0 Å². The molecule has 5 heteroatoms. The highest BCUT2D eigenvalue weighted by Gasteiger charge is 2.37. The monoisotopic (exact) mass is 245 g/mol. The van der Waals surface area contributed by atoms with E-state index in [2.05, 4.69) is 4.90 Å². The molecule has 2 atom stereocenters. The first-order valence-corrected chi connectivity index (χ1v) is 7.78. The number of hydrogen-bond acceptors (Lipinski definition) is 4. The maximum absolute atomic E-state index is 11.5. The molecule has 0 amide bonds. The molecule has 2 rings (SSSR count). The fourth-order valence-electron chi connectivity index (χ4n) is 2.86. The molecule has 2 saturated heterocycles. The third-order valence-corrected chi connectivity index (χ3v) is 5.44. The van der Waals surface area contributed by atoms with Crippen molar-refractivity contribution >= 4 is 15.6 Å². The molecule has 2 heterocycles. The molecule has 4 nitrogen and oxygen atoms in total. The number of rotatable bonds is 2. The lowest BCUT2D eigenvalue weighted by Crippen LogP contribution is -2.49. The smallest absolute Gasteiger partial charge is 0.151 e. The number of Topliss-reactive ketones (excluding diaryl/α,β-unsaturated/α-hetero) is 1. The molecule has 0 aliphatic carbocycles. The van der Waals surface area contributed by atoms with Gasteiger partial charge in [0.2, 0.25) is 0 Å².